The molecule has 0 aromatic heterocycles. The van der Waals surface area contributed by atoms with Crippen molar-refractivity contribution in [3.63, 3.8) is 0 Å². The zero-order chi connectivity index (χ0) is 8.65. The molecule has 0 amide bonds. The fraction of sp³-hybridized carbons (Fsp3) is 0.800. The summed E-state index contributed by atoms with van der Waals surface area (Å²) in [5.74, 6) is 0. The minimum atomic E-state index is 0.823. The summed E-state index contributed by atoms with van der Waals surface area (Å²) in [4.78, 5) is 0. The molecule has 2 nitrogen and oxygen atoms in total. The van der Waals surface area contributed by atoms with Gasteiger partial charge in [-0.1, -0.05) is 11.6 Å². The van der Waals surface area contributed by atoms with Crippen molar-refractivity contribution in [2.24, 2.45) is 5.73 Å². The number of rotatable bonds is 4. The van der Waals surface area contributed by atoms with Gasteiger partial charge in [-0.05, 0) is 38.6 Å². The normalized spacial score (nSPS) is 18.6. The van der Waals surface area contributed by atoms with E-state index in [4.69, 9.17) is 10.5 Å². The summed E-state index contributed by atoms with van der Waals surface area (Å²) in [5, 5.41) is 0. The quantitative estimate of drug-likeness (QED) is 0.515. The zero-order valence-electron chi connectivity index (χ0n) is 7.72. The standard InChI is InChI=1S/C10H19NO/c11-7-2-1-4-10-5-3-8-12-9-6-10/h5H,1-4,6-9,11H2. The van der Waals surface area contributed by atoms with Gasteiger partial charge >= 0.3 is 0 Å². The lowest BCUT2D eigenvalue weighted by atomic mass is 10.1. The molecule has 0 aromatic rings. The van der Waals surface area contributed by atoms with Crippen LogP contribution in [-0.2, 0) is 4.74 Å². The first-order valence-corrected chi connectivity index (χ1v) is 4.89. The first-order chi connectivity index (χ1) is 5.93. The number of ether oxygens (including phenoxy) is 1. The molecule has 0 aromatic carbocycles. The van der Waals surface area contributed by atoms with Gasteiger partial charge in [-0.15, -0.1) is 0 Å². The molecule has 2 N–H and O–H groups in total. The Hall–Kier alpha value is -0.340. The summed E-state index contributed by atoms with van der Waals surface area (Å²) in [6.45, 7) is 2.64. The van der Waals surface area contributed by atoms with Gasteiger partial charge in [0.1, 0.15) is 0 Å². The Morgan fingerprint density at radius 1 is 1.33 bits per heavy atom. The molecule has 0 atom stereocenters. The molecule has 1 aliphatic rings. The van der Waals surface area contributed by atoms with Crippen LogP contribution in [-0.4, -0.2) is 19.8 Å². The van der Waals surface area contributed by atoms with E-state index in [1.54, 1.807) is 5.57 Å². The lowest BCUT2D eigenvalue weighted by Crippen LogP contribution is -1.98. The maximum atomic E-state index is 5.43. The van der Waals surface area contributed by atoms with Crippen molar-refractivity contribution in [2.45, 2.75) is 32.1 Å². The molecule has 0 aliphatic carbocycles. The molecule has 1 aliphatic heterocycles. The molecular weight excluding hydrogens is 150 g/mol. The molecule has 70 valence electrons. The summed E-state index contributed by atoms with van der Waals surface area (Å²) in [6.07, 6.45) is 8.17. The summed E-state index contributed by atoms with van der Waals surface area (Å²) >= 11 is 0. The van der Waals surface area contributed by atoms with E-state index in [0.29, 0.717) is 0 Å². The molecular formula is C10H19NO. The maximum absolute atomic E-state index is 5.43. The molecule has 0 bridgehead atoms. The molecule has 1 heterocycles. The van der Waals surface area contributed by atoms with Gasteiger partial charge in [0.05, 0.1) is 13.2 Å². The largest absolute Gasteiger partial charge is 0.381 e. The molecule has 0 radical (unpaired) electrons. The van der Waals surface area contributed by atoms with E-state index in [0.717, 1.165) is 39.0 Å². The summed E-state index contributed by atoms with van der Waals surface area (Å²) in [6, 6.07) is 0. The first-order valence-electron chi connectivity index (χ1n) is 4.89. The average molecular weight is 169 g/mol. The third kappa shape index (κ3) is 3.88. The molecule has 2 heteroatoms. The molecule has 0 saturated heterocycles. The van der Waals surface area contributed by atoms with Gasteiger partial charge < -0.3 is 10.5 Å². The summed E-state index contributed by atoms with van der Waals surface area (Å²) in [5.41, 5.74) is 7.00. The maximum Gasteiger partial charge on any atom is 0.0503 e. The van der Waals surface area contributed by atoms with Crippen LogP contribution in [0.2, 0.25) is 0 Å². The van der Waals surface area contributed by atoms with Crippen molar-refractivity contribution in [3.8, 4) is 0 Å². The Morgan fingerprint density at radius 3 is 3.08 bits per heavy atom. The van der Waals surface area contributed by atoms with Crippen molar-refractivity contribution in [2.75, 3.05) is 19.8 Å². The Bertz CT molecular complexity index is 143. The van der Waals surface area contributed by atoms with E-state index < -0.39 is 0 Å². The van der Waals surface area contributed by atoms with E-state index in [2.05, 4.69) is 6.08 Å². The Labute approximate surface area is 74.8 Å². The number of hydrogen-bond acceptors (Lipinski definition) is 2. The van der Waals surface area contributed by atoms with Gasteiger partial charge in [-0.3, -0.25) is 0 Å². The van der Waals surface area contributed by atoms with Crippen LogP contribution in [0.5, 0.6) is 0 Å². The van der Waals surface area contributed by atoms with E-state index in [1.807, 2.05) is 0 Å². The second-order valence-corrected chi connectivity index (χ2v) is 3.26. The first kappa shape index (κ1) is 9.75. The fourth-order valence-electron chi connectivity index (χ4n) is 1.48. The lowest BCUT2D eigenvalue weighted by molar-refractivity contribution is 0.146. The van der Waals surface area contributed by atoms with Crippen LogP contribution in [0.15, 0.2) is 11.6 Å². The fourth-order valence-corrected chi connectivity index (χ4v) is 1.48. The minimum Gasteiger partial charge on any atom is -0.381 e. The van der Waals surface area contributed by atoms with Crippen LogP contribution in [0.1, 0.15) is 32.1 Å². The van der Waals surface area contributed by atoms with Crippen molar-refractivity contribution in [3.05, 3.63) is 11.6 Å². The SMILES string of the molecule is NCCCCC1=CCCOCC1. The summed E-state index contributed by atoms with van der Waals surface area (Å²) in [7, 11) is 0. The van der Waals surface area contributed by atoms with E-state index in [9.17, 15) is 0 Å². The Morgan fingerprint density at radius 2 is 2.25 bits per heavy atom. The smallest absolute Gasteiger partial charge is 0.0503 e. The van der Waals surface area contributed by atoms with Crippen molar-refractivity contribution >= 4 is 0 Å². The molecule has 1 rings (SSSR count). The van der Waals surface area contributed by atoms with Crippen LogP contribution in [0.3, 0.4) is 0 Å². The van der Waals surface area contributed by atoms with Crippen LogP contribution < -0.4 is 5.73 Å². The van der Waals surface area contributed by atoms with Gasteiger partial charge in [0.25, 0.3) is 0 Å². The van der Waals surface area contributed by atoms with E-state index in [-0.39, 0.29) is 0 Å². The van der Waals surface area contributed by atoms with Crippen LogP contribution in [0.4, 0.5) is 0 Å². The molecule has 12 heavy (non-hydrogen) atoms. The van der Waals surface area contributed by atoms with Gasteiger partial charge in [0.2, 0.25) is 0 Å². The lowest BCUT2D eigenvalue weighted by Gasteiger charge is -2.03. The second kappa shape index (κ2) is 6.21. The predicted molar refractivity (Wildman–Crippen MR) is 51.0 cm³/mol. The highest BCUT2D eigenvalue weighted by Gasteiger charge is 2.01. The van der Waals surface area contributed by atoms with Gasteiger partial charge in [0, 0.05) is 0 Å². The van der Waals surface area contributed by atoms with Crippen molar-refractivity contribution < 1.29 is 4.74 Å². The number of nitrogens with two attached hydrogens (primary N) is 1. The third-order valence-corrected chi connectivity index (χ3v) is 2.21. The Balaban J connectivity index is 2.15. The molecule has 0 saturated carbocycles. The topological polar surface area (TPSA) is 35.2 Å². The zero-order valence-corrected chi connectivity index (χ0v) is 7.72. The van der Waals surface area contributed by atoms with Gasteiger partial charge in [-0.25, -0.2) is 0 Å². The van der Waals surface area contributed by atoms with E-state index in [1.165, 1.54) is 12.8 Å². The van der Waals surface area contributed by atoms with Crippen LogP contribution in [0, 0.1) is 0 Å². The van der Waals surface area contributed by atoms with E-state index >= 15 is 0 Å². The number of hydrogen-bond donors (Lipinski definition) is 1. The molecule has 0 fully saturated rings. The van der Waals surface area contributed by atoms with Crippen molar-refractivity contribution in [1.29, 1.82) is 0 Å². The van der Waals surface area contributed by atoms with Crippen LogP contribution >= 0.6 is 0 Å². The average Bonchev–Trinajstić information content (AvgIpc) is 2.33. The monoisotopic (exact) mass is 169 g/mol. The number of unbranched alkanes of at least 4 members (excludes halogenated alkanes) is 1. The van der Waals surface area contributed by atoms with Crippen LogP contribution in [0.25, 0.3) is 0 Å². The predicted octanol–water partition coefficient (Wildman–Crippen LogP) is 1.85. The second-order valence-electron chi connectivity index (χ2n) is 3.26. The molecule has 0 spiro atoms. The van der Waals surface area contributed by atoms with Crippen molar-refractivity contribution in [1.82, 2.24) is 0 Å². The third-order valence-electron chi connectivity index (χ3n) is 2.21. The summed E-state index contributed by atoms with van der Waals surface area (Å²) < 4.78 is 5.35. The minimum absolute atomic E-state index is 0.823. The highest BCUT2D eigenvalue weighted by atomic mass is 16.5. The van der Waals surface area contributed by atoms with Gasteiger partial charge in [-0.2, -0.15) is 0 Å². The highest BCUT2D eigenvalue weighted by Crippen LogP contribution is 2.14. The Kier molecular flexibility index (Phi) is 5.04. The highest BCUT2D eigenvalue weighted by molar-refractivity contribution is 5.03. The van der Waals surface area contributed by atoms with Gasteiger partial charge in [0.15, 0.2) is 0 Å². The molecule has 0 unspecified atom stereocenters.